The van der Waals surface area contributed by atoms with Crippen LogP contribution in [-0.4, -0.2) is 48.5 Å². The predicted molar refractivity (Wildman–Crippen MR) is 101 cm³/mol. The van der Waals surface area contributed by atoms with Crippen molar-refractivity contribution in [3.05, 3.63) is 24.3 Å². The Morgan fingerprint density at radius 3 is 2.68 bits per heavy atom. The maximum absolute atomic E-state index is 12.7. The summed E-state index contributed by atoms with van der Waals surface area (Å²) in [4.78, 5) is 38.3. The van der Waals surface area contributed by atoms with Gasteiger partial charge in [-0.1, -0.05) is 12.1 Å². The molecule has 1 aliphatic heterocycles. The second-order valence-corrected chi connectivity index (χ2v) is 7.08. The van der Waals surface area contributed by atoms with E-state index < -0.39 is 12.1 Å². The summed E-state index contributed by atoms with van der Waals surface area (Å²) in [5.74, 6) is 0.265. The van der Waals surface area contributed by atoms with E-state index in [1.54, 1.807) is 36.0 Å². The second kappa shape index (κ2) is 8.75. The van der Waals surface area contributed by atoms with Gasteiger partial charge in [0.1, 0.15) is 12.6 Å². The van der Waals surface area contributed by atoms with E-state index in [0.29, 0.717) is 17.8 Å². The number of hydrogen-bond donors (Lipinski definition) is 3. The molecule has 1 heterocycles. The summed E-state index contributed by atoms with van der Waals surface area (Å²) < 4.78 is 0. The highest BCUT2D eigenvalue weighted by Gasteiger charge is 2.29. The number of urea groups is 1. The van der Waals surface area contributed by atoms with Crippen LogP contribution in [0.4, 0.5) is 16.2 Å². The number of fused-ring (bicyclic) bond motifs is 1. The number of benzene rings is 1. The molecule has 4 amide bonds. The predicted octanol–water partition coefficient (Wildman–Crippen LogP) is 1.80. The molecule has 1 aromatic carbocycles. The van der Waals surface area contributed by atoms with E-state index in [1.807, 2.05) is 20.1 Å². The molecule has 0 fully saturated rings. The number of hydrogen-bond acceptors (Lipinski definition) is 4. The van der Waals surface area contributed by atoms with Crippen molar-refractivity contribution < 1.29 is 14.4 Å². The SMILES string of the molecule is CSCCC(NC(=O)N1CC(=O)Nc2ccccc21)C(=O)NC(C)C. The van der Waals surface area contributed by atoms with Gasteiger partial charge in [-0.2, -0.15) is 11.8 Å². The molecule has 0 aliphatic carbocycles. The smallest absolute Gasteiger partial charge is 0.323 e. The normalized spacial score (nSPS) is 14.6. The summed E-state index contributed by atoms with van der Waals surface area (Å²) >= 11 is 1.61. The number of carbonyl (C=O) groups excluding carboxylic acids is 3. The Morgan fingerprint density at radius 1 is 1.28 bits per heavy atom. The molecule has 25 heavy (non-hydrogen) atoms. The topological polar surface area (TPSA) is 90.5 Å². The van der Waals surface area contributed by atoms with Crippen LogP contribution < -0.4 is 20.9 Å². The van der Waals surface area contributed by atoms with Crippen molar-refractivity contribution in [2.75, 3.05) is 28.8 Å². The average molecular weight is 364 g/mol. The number of nitrogens with one attached hydrogen (secondary N) is 3. The Labute approximate surface area is 151 Å². The van der Waals surface area contributed by atoms with Crippen molar-refractivity contribution in [3.63, 3.8) is 0 Å². The fourth-order valence-corrected chi connectivity index (χ4v) is 3.00. The fraction of sp³-hybridized carbons (Fsp3) is 0.471. The molecule has 0 radical (unpaired) electrons. The van der Waals surface area contributed by atoms with Crippen molar-refractivity contribution in [1.82, 2.24) is 10.6 Å². The number of rotatable bonds is 6. The standard InChI is InChI=1S/C17H24N4O3S/c1-11(2)18-16(23)13(8-9-25-3)20-17(24)21-10-15(22)19-12-6-4-5-7-14(12)21/h4-7,11,13H,8-10H2,1-3H3,(H,18,23)(H,19,22)(H,20,24). The lowest BCUT2D eigenvalue weighted by Crippen LogP contribution is -2.54. The molecule has 7 nitrogen and oxygen atoms in total. The van der Waals surface area contributed by atoms with Gasteiger partial charge in [-0.25, -0.2) is 4.79 Å². The summed E-state index contributed by atoms with van der Waals surface area (Å²) in [6, 6.07) is 5.99. The maximum Gasteiger partial charge on any atom is 0.323 e. The molecule has 3 N–H and O–H groups in total. The third-order valence-electron chi connectivity index (χ3n) is 3.67. The van der Waals surface area contributed by atoms with Crippen molar-refractivity contribution in [3.8, 4) is 0 Å². The van der Waals surface area contributed by atoms with Crippen LogP contribution in [-0.2, 0) is 9.59 Å². The highest BCUT2D eigenvalue weighted by atomic mass is 32.2. The van der Waals surface area contributed by atoms with Gasteiger partial charge in [0.15, 0.2) is 0 Å². The first-order valence-electron chi connectivity index (χ1n) is 8.18. The largest absolute Gasteiger partial charge is 0.352 e. The fourth-order valence-electron chi connectivity index (χ4n) is 2.53. The number of nitrogens with zero attached hydrogens (tertiary/aromatic N) is 1. The van der Waals surface area contributed by atoms with Crippen LogP contribution in [0.25, 0.3) is 0 Å². The number of para-hydroxylation sites is 2. The molecule has 0 bridgehead atoms. The quantitative estimate of drug-likeness (QED) is 0.718. The molecule has 0 saturated carbocycles. The third-order valence-corrected chi connectivity index (χ3v) is 4.32. The van der Waals surface area contributed by atoms with E-state index in [1.165, 1.54) is 4.90 Å². The lowest BCUT2D eigenvalue weighted by molar-refractivity contribution is -0.123. The summed E-state index contributed by atoms with van der Waals surface area (Å²) in [7, 11) is 0. The Balaban J connectivity index is 2.14. The van der Waals surface area contributed by atoms with E-state index in [4.69, 9.17) is 0 Å². The second-order valence-electron chi connectivity index (χ2n) is 6.10. The van der Waals surface area contributed by atoms with E-state index in [2.05, 4.69) is 16.0 Å². The monoisotopic (exact) mass is 364 g/mol. The van der Waals surface area contributed by atoms with Crippen LogP contribution in [0.15, 0.2) is 24.3 Å². The highest BCUT2D eigenvalue weighted by Crippen LogP contribution is 2.28. The van der Waals surface area contributed by atoms with Crippen LogP contribution in [0, 0.1) is 0 Å². The van der Waals surface area contributed by atoms with Gasteiger partial charge in [0.25, 0.3) is 0 Å². The van der Waals surface area contributed by atoms with Crippen molar-refractivity contribution in [2.24, 2.45) is 0 Å². The van der Waals surface area contributed by atoms with E-state index in [-0.39, 0.29) is 24.4 Å². The molecule has 1 unspecified atom stereocenters. The van der Waals surface area contributed by atoms with E-state index in [9.17, 15) is 14.4 Å². The average Bonchev–Trinajstić information content (AvgIpc) is 2.56. The molecule has 1 aliphatic rings. The Bertz CT molecular complexity index is 651. The van der Waals surface area contributed by atoms with Gasteiger partial charge >= 0.3 is 6.03 Å². The minimum Gasteiger partial charge on any atom is -0.352 e. The van der Waals surface area contributed by atoms with Gasteiger partial charge in [0.2, 0.25) is 11.8 Å². The van der Waals surface area contributed by atoms with Crippen molar-refractivity contribution in [1.29, 1.82) is 0 Å². The zero-order valence-electron chi connectivity index (χ0n) is 14.7. The first-order valence-corrected chi connectivity index (χ1v) is 9.58. The molecule has 0 spiro atoms. The molecule has 1 aromatic rings. The lowest BCUT2D eigenvalue weighted by atomic mass is 10.2. The highest BCUT2D eigenvalue weighted by molar-refractivity contribution is 7.98. The summed E-state index contributed by atoms with van der Waals surface area (Å²) in [6.07, 6.45) is 2.47. The number of amides is 4. The van der Waals surface area contributed by atoms with Crippen molar-refractivity contribution >= 4 is 41.0 Å². The van der Waals surface area contributed by atoms with E-state index >= 15 is 0 Å². The molecular weight excluding hydrogens is 340 g/mol. The van der Waals surface area contributed by atoms with Crippen LogP contribution in [0.2, 0.25) is 0 Å². The molecule has 2 rings (SSSR count). The van der Waals surface area contributed by atoms with Gasteiger partial charge in [-0.3, -0.25) is 14.5 Å². The van der Waals surface area contributed by atoms with Gasteiger partial charge in [0.05, 0.1) is 11.4 Å². The van der Waals surface area contributed by atoms with Gasteiger partial charge in [0, 0.05) is 6.04 Å². The minimum absolute atomic E-state index is 0.0114. The molecule has 1 atom stereocenters. The Hall–Kier alpha value is -2.22. The molecule has 8 heteroatoms. The number of anilines is 2. The van der Waals surface area contributed by atoms with Gasteiger partial charge in [-0.05, 0) is 44.4 Å². The minimum atomic E-state index is -0.639. The summed E-state index contributed by atoms with van der Waals surface area (Å²) in [5, 5.41) is 8.33. The van der Waals surface area contributed by atoms with Crippen molar-refractivity contribution in [2.45, 2.75) is 32.4 Å². The molecule has 0 saturated heterocycles. The first-order chi connectivity index (χ1) is 11.9. The zero-order chi connectivity index (χ0) is 18.4. The molecular formula is C17H24N4O3S. The maximum atomic E-state index is 12.7. The summed E-state index contributed by atoms with van der Waals surface area (Å²) in [6.45, 7) is 3.66. The van der Waals surface area contributed by atoms with Crippen LogP contribution in [0.1, 0.15) is 20.3 Å². The zero-order valence-corrected chi connectivity index (χ0v) is 15.5. The van der Waals surface area contributed by atoms with Crippen LogP contribution in [0.5, 0.6) is 0 Å². The molecule has 136 valence electrons. The number of carbonyl (C=O) groups is 3. The lowest BCUT2D eigenvalue weighted by Gasteiger charge is -2.30. The van der Waals surface area contributed by atoms with Crippen LogP contribution >= 0.6 is 11.8 Å². The Kier molecular flexibility index (Phi) is 6.69. The van der Waals surface area contributed by atoms with E-state index in [0.717, 1.165) is 5.75 Å². The number of thioether (sulfide) groups is 1. The third kappa shape index (κ3) is 5.12. The van der Waals surface area contributed by atoms with Crippen LogP contribution in [0.3, 0.4) is 0 Å². The summed E-state index contributed by atoms with van der Waals surface area (Å²) in [5.41, 5.74) is 1.20. The first kappa shape index (κ1) is 19.1. The molecule has 0 aromatic heterocycles. The van der Waals surface area contributed by atoms with Gasteiger partial charge in [-0.15, -0.1) is 0 Å². The Morgan fingerprint density at radius 2 is 2.00 bits per heavy atom. The van der Waals surface area contributed by atoms with Gasteiger partial charge < -0.3 is 16.0 Å².